The molecule has 0 unspecified atom stereocenters. The first kappa shape index (κ1) is 17.2. The number of rotatable bonds is 5. The Bertz CT molecular complexity index is 661. The van der Waals surface area contributed by atoms with Crippen LogP contribution >= 0.6 is 11.3 Å². The van der Waals surface area contributed by atoms with Gasteiger partial charge in [0.05, 0.1) is 12.2 Å². The van der Waals surface area contributed by atoms with Crippen molar-refractivity contribution < 1.29 is 18.3 Å². The molecular formula is C16H20F3NOS. The zero-order chi connectivity index (χ0) is 16.5. The molecular weight excluding hydrogens is 311 g/mol. The number of alkyl halides is 3. The van der Waals surface area contributed by atoms with Gasteiger partial charge >= 0.3 is 6.18 Å². The van der Waals surface area contributed by atoms with Gasteiger partial charge in [-0.25, -0.2) is 0 Å². The summed E-state index contributed by atoms with van der Waals surface area (Å²) < 4.78 is 39.0. The summed E-state index contributed by atoms with van der Waals surface area (Å²) in [5.74, 6) is 0. The summed E-state index contributed by atoms with van der Waals surface area (Å²) in [5, 5.41) is 10.0. The van der Waals surface area contributed by atoms with Gasteiger partial charge in [-0.2, -0.15) is 13.2 Å². The van der Waals surface area contributed by atoms with Gasteiger partial charge in [0.1, 0.15) is 0 Å². The quantitative estimate of drug-likeness (QED) is 0.860. The molecule has 2 nitrogen and oxygen atoms in total. The van der Waals surface area contributed by atoms with Crippen molar-refractivity contribution in [1.29, 1.82) is 0 Å². The van der Waals surface area contributed by atoms with Gasteiger partial charge in [0.15, 0.2) is 0 Å². The van der Waals surface area contributed by atoms with Crippen LogP contribution in [-0.4, -0.2) is 17.3 Å². The number of nitrogens with two attached hydrogens (primary N) is 1. The average Bonchev–Trinajstić information content (AvgIpc) is 2.73. The number of hydrogen-bond acceptors (Lipinski definition) is 3. The van der Waals surface area contributed by atoms with Gasteiger partial charge in [-0.15, -0.1) is 11.3 Å². The molecule has 1 atom stereocenters. The molecule has 0 aliphatic rings. The fraction of sp³-hybridized carbons (Fsp3) is 0.500. The molecule has 3 N–H and O–H groups in total. The number of thiophene rings is 1. The van der Waals surface area contributed by atoms with Gasteiger partial charge in [-0.05, 0) is 56.2 Å². The smallest absolute Gasteiger partial charge is 0.394 e. The molecule has 6 heteroatoms. The van der Waals surface area contributed by atoms with Gasteiger partial charge < -0.3 is 10.8 Å². The van der Waals surface area contributed by atoms with Crippen LogP contribution < -0.4 is 5.73 Å². The fourth-order valence-corrected chi connectivity index (χ4v) is 3.66. The molecule has 0 aliphatic carbocycles. The Morgan fingerprint density at radius 3 is 2.55 bits per heavy atom. The predicted molar refractivity (Wildman–Crippen MR) is 84.2 cm³/mol. The second kappa shape index (κ2) is 6.18. The fourth-order valence-electron chi connectivity index (χ4n) is 2.51. The van der Waals surface area contributed by atoms with Crippen molar-refractivity contribution in [2.45, 2.75) is 44.8 Å². The predicted octanol–water partition coefficient (Wildman–Crippen LogP) is 4.26. The third-order valence-corrected chi connectivity index (χ3v) is 4.97. The van der Waals surface area contributed by atoms with Crippen molar-refractivity contribution in [2.75, 3.05) is 6.61 Å². The molecule has 1 aromatic heterocycles. The van der Waals surface area contributed by atoms with E-state index in [0.717, 1.165) is 34.7 Å². The number of aliphatic hydroxyl groups is 1. The van der Waals surface area contributed by atoms with Crippen LogP contribution in [0.2, 0.25) is 0 Å². The van der Waals surface area contributed by atoms with Crippen LogP contribution in [0.5, 0.6) is 0 Å². The first-order valence-corrected chi connectivity index (χ1v) is 7.95. The van der Waals surface area contributed by atoms with E-state index >= 15 is 0 Å². The SMILES string of the molecule is Cc1sc2cc(C(F)(F)F)ccc2c1CCC[C@@](C)(N)CO. The van der Waals surface area contributed by atoms with E-state index < -0.39 is 17.3 Å². The van der Waals surface area contributed by atoms with Crippen molar-refractivity contribution >= 4 is 21.4 Å². The number of aryl methyl sites for hydroxylation is 2. The summed E-state index contributed by atoms with van der Waals surface area (Å²) >= 11 is 1.39. The number of hydrogen-bond donors (Lipinski definition) is 2. The highest BCUT2D eigenvalue weighted by molar-refractivity contribution is 7.19. The zero-order valence-electron chi connectivity index (χ0n) is 12.6. The van der Waals surface area contributed by atoms with Crippen LogP contribution in [0, 0.1) is 6.92 Å². The second-order valence-corrected chi connectivity index (χ2v) is 7.27. The van der Waals surface area contributed by atoms with Crippen LogP contribution in [0.4, 0.5) is 13.2 Å². The molecule has 1 heterocycles. The molecule has 1 aromatic carbocycles. The Hall–Kier alpha value is -1.11. The lowest BCUT2D eigenvalue weighted by molar-refractivity contribution is -0.137. The number of fused-ring (bicyclic) bond motifs is 1. The second-order valence-electron chi connectivity index (χ2n) is 6.01. The summed E-state index contributed by atoms with van der Waals surface area (Å²) in [6.45, 7) is 3.65. The van der Waals surface area contributed by atoms with Crippen LogP contribution in [0.25, 0.3) is 10.1 Å². The summed E-state index contributed by atoms with van der Waals surface area (Å²) in [4.78, 5) is 1.04. The summed E-state index contributed by atoms with van der Waals surface area (Å²) in [6.07, 6.45) is -2.10. The van der Waals surface area contributed by atoms with Crippen molar-refractivity contribution in [3.05, 3.63) is 34.2 Å². The minimum Gasteiger partial charge on any atom is -0.394 e. The Morgan fingerprint density at radius 1 is 1.27 bits per heavy atom. The molecule has 0 radical (unpaired) electrons. The topological polar surface area (TPSA) is 46.2 Å². The monoisotopic (exact) mass is 331 g/mol. The van der Waals surface area contributed by atoms with Gasteiger partial charge in [0, 0.05) is 15.1 Å². The Morgan fingerprint density at radius 2 is 1.95 bits per heavy atom. The maximum absolute atomic E-state index is 12.8. The summed E-state index contributed by atoms with van der Waals surface area (Å²) in [5.41, 5.74) is 5.77. The maximum atomic E-state index is 12.8. The van der Waals surface area contributed by atoms with Crippen LogP contribution in [0.15, 0.2) is 18.2 Å². The standard InChI is InChI=1S/C16H20F3NOS/c1-10-12(4-3-7-15(2,20)9-21)13-6-5-11(16(17,18)19)8-14(13)22-10/h5-6,8,21H,3-4,7,9,20H2,1-2H3/t15-/m1/s1. The van der Waals surface area contributed by atoms with Crippen molar-refractivity contribution in [2.24, 2.45) is 5.73 Å². The highest BCUT2D eigenvalue weighted by atomic mass is 32.1. The lowest BCUT2D eigenvalue weighted by Gasteiger charge is -2.21. The van der Waals surface area contributed by atoms with E-state index in [1.165, 1.54) is 17.4 Å². The van der Waals surface area contributed by atoms with Crippen molar-refractivity contribution in [3.8, 4) is 0 Å². The van der Waals surface area contributed by atoms with E-state index in [1.54, 1.807) is 13.0 Å². The Balaban J connectivity index is 2.22. The lowest BCUT2D eigenvalue weighted by atomic mass is 9.94. The number of aliphatic hydroxyl groups excluding tert-OH is 1. The van der Waals surface area contributed by atoms with Crippen LogP contribution in [-0.2, 0) is 12.6 Å². The minimum atomic E-state index is -4.31. The Kier molecular flexibility index (Phi) is 4.84. The lowest BCUT2D eigenvalue weighted by Crippen LogP contribution is -2.40. The van der Waals surface area contributed by atoms with Crippen LogP contribution in [0.3, 0.4) is 0 Å². The molecule has 0 spiro atoms. The molecule has 0 saturated heterocycles. The molecule has 2 rings (SSSR count). The van der Waals surface area contributed by atoms with Gasteiger partial charge in [-0.1, -0.05) is 6.07 Å². The van der Waals surface area contributed by atoms with Crippen molar-refractivity contribution in [3.63, 3.8) is 0 Å². The first-order chi connectivity index (χ1) is 10.1. The van der Waals surface area contributed by atoms with Gasteiger partial charge in [0.2, 0.25) is 0 Å². The molecule has 0 bridgehead atoms. The first-order valence-electron chi connectivity index (χ1n) is 7.13. The van der Waals surface area contributed by atoms with Gasteiger partial charge in [0.25, 0.3) is 0 Å². The average molecular weight is 331 g/mol. The van der Waals surface area contributed by atoms with Crippen molar-refractivity contribution in [1.82, 2.24) is 0 Å². The van der Waals surface area contributed by atoms with E-state index in [4.69, 9.17) is 10.8 Å². The molecule has 2 aromatic rings. The van der Waals surface area contributed by atoms with E-state index in [2.05, 4.69) is 0 Å². The third-order valence-electron chi connectivity index (χ3n) is 3.86. The van der Waals surface area contributed by atoms with Gasteiger partial charge in [-0.3, -0.25) is 0 Å². The highest BCUT2D eigenvalue weighted by Gasteiger charge is 2.30. The molecule has 122 valence electrons. The summed E-state index contributed by atoms with van der Waals surface area (Å²) in [7, 11) is 0. The van der Waals surface area contributed by atoms with Crippen LogP contribution in [0.1, 0.15) is 35.8 Å². The largest absolute Gasteiger partial charge is 0.416 e. The van der Waals surface area contributed by atoms with E-state index in [9.17, 15) is 13.2 Å². The molecule has 0 fully saturated rings. The molecule has 0 aliphatic heterocycles. The Labute approximate surface area is 131 Å². The summed E-state index contributed by atoms with van der Waals surface area (Å²) in [6, 6.07) is 3.92. The molecule has 0 saturated carbocycles. The normalized spacial score (nSPS) is 15.2. The van der Waals surface area contributed by atoms with E-state index in [-0.39, 0.29) is 6.61 Å². The third kappa shape index (κ3) is 3.80. The number of halogens is 3. The molecule has 0 amide bonds. The highest BCUT2D eigenvalue weighted by Crippen LogP contribution is 2.37. The van der Waals surface area contributed by atoms with E-state index in [1.807, 2.05) is 6.92 Å². The number of benzene rings is 1. The molecule has 22 heavy (non-hydrogen) atoms. The maximum Gasteiger partial charge on any atom is 0.416 e. The zero-order valence-corrected chi connectivity index (χ0v) is 13.4. The van der Waals surface area contributed by atoms with E-state index in [0.29, 0.717) is 11.1 Å². The minimum absolute atomic E-state index is 0.0781.